The summed E-state index contributed by atoms with van der Waals surface area (Å²) in [4.78, 5) is 12.4. The number of anilines is 1. The van der Waals surface area contributed by atoms with Crippen LogP contribution in [0, 0.1) is 6.92 Å². The largest absolute Gasteiger partial charge is 0.325 e. The standard InChI is InChI=1S/C23H26N4OS/c1-5-13-27-22(19-8-6-7-17(4)14-19)25-26-23(27)29-15-21(28)24-20-11-9-18(10-12-20)16(2)3/h5-12,14,16H,1,13,15H2,2-4H3,(H,24,28). The lowest BCUT2D eigenvalue weighted by Crippen LogP contribution is -2.14. The van der Waals surface area contributed by atoms with Crippen molar-refractivity contribution in [1.82, 2.24) is 14.8 Å². The van der Waals surface area contributed by atoms with Gasteiger partial charge in [0.2, 0.25) is 5.91 Å². The molecule has 0 aliphatic heterocycles. The molecule has 5 nitrogen and oxygen atoms in total. The minimum atomic E-state index is -0.0717. The average molecular weight is 407 g/mol. The lowest BCUT2D eigenvalue weighted by Gasteiger charge is -2.09. The number of allylic oxidation sites excluding steroid dienone is 1. The first-order valence-electron chi connectivity index (χ1n) is 9.61. The Morgan fingerprint density at radius 3 is 2.62 bits per heavy atom. The van der Waals surface area contributed by atoms with E-state index in [1.165, 1.54) is 17.3 Å². The molecular weight excluding hydrogens is 380 g/mol. The summed E-state index contributed by atoms with van der Waals surface area (Å²) in [6, 6.07) is 16.1. The maximum Gasteiger partial charge on any atom is 0.234 e. The van der Waals surface area contributed by atoms with Crippen LogP contribution in [-0.4, -0.2) is 26.4 Å². The van der Waals surface area contributed by atoms with Crippen LogP contribution in [-0.2, 0) is 11.3 Å². The number of benzene rings is 2. The Balaban J connectivity index is 1.68. The average Bonchev–Trinajstić information content (AvgIpc) is 3.10. The minimum Gasteiger partial charge on any atom is -0.325 e. The van der Waals surface area contributed by atoms with Crippen LogP contribution in [0.2, 0.25) is 0 Å². The number of hydrogen-bond acceptors (Lipinski definition) is 4. The van der Waals surface area contributed by atoms with Crippen LogP contribution in [0.4, 0.5) is 5.69 Å². The van der Waals surface area contributed by atoms with Crippen LogP contribution in [0.15, 0.2) is 66.3 Å². The van der Waals surface area contributed by atoms with Gasteiger partial charge in [0.1, 0.15) is 0 Å². The lowest BCUT2D eigenvalue weighted by molar-refractivity contribution is -0.113. The van der Waals surface area contributed by atoms with Crippen LogP contribution in [0.25, 0.3) is 11.4 Å². The highest BCUT2D eigenvalue weighted by atomic mass is 32.2. The molecule has 0 aliphatic carbocycles. The molecule has 0 fully saturated rings. The molecule has 1 heterocycles. The predicted octanol–water partition coefficient (Wildman–Crippen LogP) is 5.29. The van der Waals surface area contributed by atoms with Gasteiger partial charge in [0.15, 0.2) is 11.0 Å². The van der Waals surface area contributed by atoms with E-state index in [2.05, 4.69) is 42.0 Å². The normalized spacial score (nSPS) is 10.9. The minimum absolute atomic E-state index is 0.0717. The fraction of sp³-hybridized carbons (Fsp3) is 0.261. The summed E-state index contributed by atoms with van der Waals surface area (Å²) in [5, 5.41) is 12.3. The van der Waals surface area contributed by atoms with E-state index in [1.807, 2.05) is 60.0 Å². The molecule has 3 rings (SSSR count). The van der Waals surface area contributed by atoms with Crippen molar-refractivity contribution in [3.63, 3.8) is 0 Å². The molecule has 0 saturated carbocycles. The monoisotopic (exact) mass is 406 g/mol. The van der Waals surface area contributed by atoms with Crippen LogP contribution in [0.3, 0.4) is 0 Å². The van der Waals surface area contributed by atoms with Crippen molar-refractivity contribution in [2.75, 3.05) is 11.1 Å². The highest BCUT2D eigenvalue weighted by Gasteiger charge is 2.15. The molecule has 0 atom stereocenters. The number of aryl methyl sites for hydroxylation is 1. The smallest absolute Gasteiger partial charge is 0.234 e. The highest BCUT2D eigenvalue weighted by Crippen LogP contribution is 2.25. The van der Waals surface area contributed by atoms with Gasteiger partial charge in [-0.3, -0.25) is 9.36 Å². The number of carbonyl (C=O) groups is 1. The van der Waals surface area contributed by atoms with Crippen molar-refractivity contribution in [2.45, 2.75) is 38.4 Å². The summed E-state index contributed by atoms with van der Waals surface area (Å²) >= 11 is 1.37. The van der Waals surface area contributed by atoms with Gasteiger partial charge < -0.3 is 5.32 Å². The maximum atomic E-state index is 12.4. The van der Waals surface area contributed by atoms with Gasteiger partial charge in [0, 0.05) is 17.8 Å². The first kappa shape index (κ1) is 20.9. The zero-order valence-electron chi connectivity index (χ0n) is 17.1. The highest BCUT2D eigenvalue weighted by molar-refractivity contribution is 7.99. The topological polar surface area (TPSA) is 59.8 Å². The van der Waals surface area contributed by atoms with E-state index < -0.39 is 0 Å². The molecule has 29 heavy (non-hydrogen) atoms. The third kappa shape index (κ3) is 5.35. The van der Waals surface area contributed by atoms with Crippen molar-refractivity contribution in [2.24, 2.45) is 0 Å². The molecule has 1 aromatic heterocycles. The fourth-order valence-corrected chi connectivity index (χ4v) is 3.71. The van der Waals surface area contributed by atoms with Gasteiger partial charge in [-0.2, -0.15) is 0 Å². The number of carbonyl (C=O) groups excluding carboxylic acids is 1. The van der Waals surface area contributed by atoms with Crippen molar-refractivity contribution in [3.05, 3.63) is 72.3 Å². The molecule has 0 aliphatic rings. The van der Waals surface area contributed by atoms with E-state index in [1.54, 1.807) is 0 Å². The second-order valence-corrected chi connectivity index (χ2v) is 8.13. The second-order valence-electron chi connectivity index (χ2n) is 7.19. The Morgan fingerprint density at radius 1 is 1.21 bits per heavy atom. The second kappa shape index (κ2) is 9.56. The van der Waals surface area contributed by atoms with E-state index in [4.69, 9.17) is 0 Å². The van der Waals surface area contributed by atoms with Crippen molar-refractivity contribution >= 4 is 23.4 Å². The predicted molar refractivity (Wildman–Crippen MR) is 120 cm³/mol. The Bertz CT molecular complexity index is 992. The molecule has 150 valence electrons. The number of nitrogens with one attached hydrogen (secondary N) is 1. The van der Waals surface area contributed by atoms with Crippen LogP contribution in [0.5, 0.6) is 0 Å². The zero-order chi connectivity index (χ0) is 20.8. The summed E-state index contributed by atoms with van der Waals surface area (Å²) in [5.74, 6) is 1.43. The van der Waals surface area contributed by atoms with Gasteiger partial charge in [-0.25, -0.2) is 0 Å². The molecule has 6 heteroatoms. The Kier molecular flexibility index (Phi) is 6.88. The molecule has 0 unspecified atom stereocenters. The third-order valence-electron chi connectivity index (χ3n) is 4.50. The Labute approximate surface area is 176 Å². The lowest BCUT2D eigenvalue weighted by atomic mass is 10.0. The third-order valence-corrected chi connectivity index (χ3v) is 5.47. The SMILES string of the molecule is C=CCn1c(SCC(=O)Nc2ccc(C(C)C)cc2)nnc1-c1cccc(C)c1. The molecular formula is C23H26N4OS. The van der Waals surface area contributed by atoms with Crippen LogP contribution >= 0.6 is 11.8 Å². The number of amides is 1. The molecule has 1 amide bonds. The Morgan fingerprint density at radius 2 is 1.97 bits per heavy atom. The van der Waals surface area contributed by atoms with E-state index in [-0.39, 0.29) is 11.7 Å². The first-order valence-corrected chi connectivity index (χ1v) is 10.6. The van der Waals surface area contributed by atoms with Gasteiger partial charge in [-0.1, -0.05) is 67.6 Å². The van der Waals surface area contributed by atoms with Gasteiger partial charge >= 0.3 is 0 Å². The number of rotatable bonds is 8. The van der Waals surface area contributed by atoms with Gasteiger partial charge in [-0.05, 0) is 36.6 Å². The van der Waals surface area contributed by atoms with E-state index in [9.17, 15) is 4.79 Å². The fourth-order valence-electron chi connectivity index (χ4n) is 2.97. The molecule has 0 bridgehead atoms. The van der Waals surface area contributed by atoms with Gasteiger partial charge in [-0.15, -0.1) is 16.8 Å². The van der Waals surface area contributed by atoms with Crippen molar-refractivity contribution in [3.8, 4) is 11.4 Å². The van der Waals surface area contributed by atoms with Gasteiger partial charge in [0.05, 0.1) is 5.75 Å². The summed E-state index contributed by atoms with van der Waals surface area (Å²) in [7, 11) is 0. The van der Waals surface area contributed by atoms with Crippen LogP contribution in [0.1, 0.15) is 30.9 Å². The zero-order valence-corrected chi connectivity index (χ0v) is 17.9. The number of thioether (sulfide) groups is 1. The summed E-state index contributed by atoms with van der Waals surface area (Å²) in [5.41, 5.74) is 4.21. The van der Waals surface area contributed by atoms with Crippen molar-refractivity contribution in [1.29, 1.82) is 0 Å². The van der Waals surface area contributed by atoms with Crippen molar-refractivity contribution < 1.29 is 4.79 Å². The first-order chi connectivity index (χ1) is 14.0. The molecule has 3 aromatic rings. The molecule has 0 spiro atoms. The van der Waals surface area contributed by atoms with Gasteiger partial charge in [0.25, 0.3) is 0 Å². The quantitative estimate of drug-likeness (QED) is 0.408. The summed E-state index contributed by atoms with van der Waals surface area (Å²) in [6.07, 6.45) is 1.81. The molecule has 0 saturated heterocycles. The molecule has 0 radical (unpaired) electrons. The van der Waals surface area contributed by atoms with Crippen LogP contribution < -0.4 is 5.32 Å². The Hall–Kier alpha value is -2.86. The molecule has 2 aromatic carbocycles. The summed E-state index contributed by atoms with van der Waals surface area (Å²) < 4.78 is 1.98. The number of hydrogen-bond donors (Lipinski definition) is 1. The van der Waals surface area contributed by atoms with E-state index in [0.29, 0.717) is 17.6 Å². The molecule has 1 N–H and O–H groups in total. The van der Waals surface area contributed by atoms with E-state index in [0.717, 1.165) is 22.6 Å². The maximum absolute atomic E-state index is 12.4. The number of nitrogens with zero attached hydrogens (tertiary/aromatic N) is 3. The van der Waals surface area contributed by atoms with E-state index >= 15 is 0 Å². The summed E-state index contributed by atoms with van der Waals surface area (Å²) in [6.45, 7) is 10.8. The number of aromatic nitrogens is 3.